The fourth-order valence-electron chi connectivity index (χ4n) is 2.87. The van der Waals surface area contributed by atoms with Crippen LogP contribution in [0.25, 0.3) is 0 Å². The smallest absolute Gasteiger partial charge is 0.335 e. The zero-order chi connectivity index (χ0) is 22.2. The third-order valence-electron chi connectivity index (χ3n) is 4.48. The molecular formula is C21H21Br2N3O5. The lowest BCUT2D eigenvalue weighted by molar-refractivity contribution is -0.123. The summed E-state index contributed by atoms with van der Waals surface area (Å²) in [7, 11) is 0. The van der Waals surface area contributed by atoms with E-state index in [2.05, 4.69) is 42.4 Å². The van der Waals surface area contributed by atoms with Crippen molar-refractivity contribution >= 4 is 50.0 Å². The number of hydrazone groups is 1. The van der Waals surface area contributed by atoms with Crippen LogP contribution in [0, 0.1) is 0 Å². The van der Waals surface area contributed by atoms with Crippen molar-refractivity contribution in [3.8, 4) is 5.75 Å². The van der Waals surface area contributed by atoms with Crippen LogP contribution in [0.4, 0.5) is 0 Å². The molecule has 1 aliphatic heterocycles. The van der Waals surface area contributed by atoms with E-state index in [1.165, 1.54) is 12.1 Å². The highest BCUT2D eigenvalue weighted by Gasteiger charge is 2.14. The standard InChI is InChI=1S/C21H21Br2N3O5/c22-17-9-15(11-24-25-19(27)12-26-5-7-30-8-6-26)10-18(23)20(17)31-13-14-1-3-16(4-2-14)21(28)29/h1-4,9-11H,5-8,12-13H2,(H,25,27)(H,28,29)/b24-11+. The first kappa shape index (κ1) is 23.4. The third kappa shape index (κ3) is 7.13. The number of carboxylic acid groups (broad SMARTS) is 1. The van der Waals surface area contributed by atoms with E-state index in [-0.39, 0.29) is 24.6 Å². The number of hydrogen-bond donors (Lipinski definition) is 2. The Bertz CT molecular complexity index is 937. The van der Waals surface area contributed by atoms with Gasteiger partial charge in [-0.3, -0.25) is 9.69 Å². The van der Waals surface area contributed by atoms with Gasteiger partial charge in [0.2, 0.25) is 0 Å². The Morgan fingerprint density at radius 2 is 1.81 bits per heavy atom. The minimum Gasteiger partial charge on any atom is -0.487 e. The Labute approximate surface area is 196 Å². The number of ether oxygens (including phenoxy) is 2. The Hall–Kier alpha value is -2.27. The summed E-state index contributed by atoms with van der Waals surface area (Å²) < 4.78 is 12.6. The second kappa shape index (κ2) is 11.4. The molecule has 2 aromatic carbocycles. The highest BCUT2D eigenvalue weighted by molar-refractivity contribution is 9.11. The summed E-state index contributed by atoms with van der Waals surface area (Å²) in [5.74, 6) is -0.534. The number of rotatable bonds is 8. The molecule has 0 aliphatic carbocycles. The first-order chi connectivity index (χ1) is 14.9. The van der Waals surface area contributed by atoms with E-state index in [1.54, 1.807) is 18.3 Å². The first-order valence-corrected chi connectivity index (χ1v) is 11.1. The zero-order valence-electron chi connectivity index (χ0n) is 16.5. The van der Waals surface area contributed by atoms with Gasteiger partial charge in [0.1, 0.15) is 12.4 Å². The number of benzene rings is 2. The van der Waals surface area contributed by atoms with Crippen molar-refractivity contribution in [1.82, 2.24) is 10.3 Å². The number of nitrogens with zero attached hydrogens (tertiary/aromatic N) is 2. The third-order valence-corrected chi connectivity index (χ3v) is 5.66. The predicted molar refractivity (Wildman–Crippen MR) is 123 cm³/mol. The Balaban J connectivity index is 1.54. The predicted octanol–water partition coefficient (Wildman–Crippen LogP) is 3.27. The van der Waals surface area contributed by atoms with Crippen LogP contribution >= 0.6 is 31.9 Å². The van der Waals surface area contributed by atoms with Gasteiger partial charge in [-0.05, 0) is 67.3 Å². The SMILES string of the molecule is O=C(CN1CCOCC1)N/N=C/c1cc(Br)c(OCc2ccc(C(=O)O)cc2)c(Br)c1. The number of carbonyl (C=O) groups is 2. The van der Waals surface area contributed by atoms with Gasteiger partial charge in [0, 0.05) is 13.1 Å². The van der Waals surface area contributed by atoms with Gasteiger partial charge >= 0.3 is 5.97 Å². The molecule has 1 fully saturated rings. The Morgan fingerprint density at radius 3 is 2.42 bits per heavy atom. The molecule has 1 aliphatic rings. The molecule has 0 unspecified atom stereocenters. The van der Waals surface area contributed by atoms with E-state index in [0.29, 0.717) is 27.9 Å². The molecule has 1 saturated heterocycles. The maximum Gasteiger partial charge on any atom is 0.335 e. The molecule has 10 heteroatoms. The molecule has 3 rings (SSSR count). The average Bonchev–Trinajstić information content (AvgIpc) is 2.74. The van der Waals surface area contributed by atoms with Crippen LogP contribution in [0.15, 0.2) is 50.4 Å². The Kier molecular flexibility index (Phi) is 8.59. The second-order valence-electron chi connectivity index (χ2n) is 6.79. The van der Waals surface area contributed by atoms with Gasteiger partial charge in [-0.15, -0.1) is 0 Å². The van der Waals surface area contributed by atoms with Crippen molar-refractivity contribution in [3.63, 3.8) is 0 Å². The van der Waals surface area contributed by atoms with E-state index in [9.17, 15) is 9.59 Å². The number of hydrogen-bond acceptors (Lipinski definition) is 6. The van der Waals surface area contributed by atoms with E-state index < -0.39 is 5.97 Å². The summed E-state index contributed by atoms with van der Waals surface area (Å²) >= 11 is 6.98. The molecule has 0 saturated carbocycles. The highest BCUT2D eigenvalue weighted by Crippen LogP contribution is 2.35. The van der Waals surface area contributed by atoms with Gasteiger partial charge in [0.15, 0.2) is 0 Å². The molecule has 0 radical (unpaired) electrons. The average molecular weight is 555 g/mol. The molecule has 2 aromatic rings. The molecule has 31 heavy (non-hydrogen) atoms. The minimum absolute atomic E-state index is 0.176. The van der Waals surface area contributed by atoms with Crippen LogP contribution in [0.3, 0.4) is 0 Å². The fraction of sp³-hybridized carbons (Fsp3) is 0.286. The monoisotopic (exact) mass is 553 g/mol. The van der Waals surface area contributed by atoms with Crippen molar-refractivity contribution in [1.29, 1.82) is 0 Å². The zero-order valence-corrected chi connectivity index (χ0v) is 19.7. The number of carboxylic acids is 1. The second-order valence-corrected chi connectivity index (χ2v) is 8.49. The lowest BCUT2D eigenvalue weighted by Crippen LogP contribution is -2.42. The van der Waals surface area contributed by atoms with Crippen LogP contribution in [0.5, 0.6) is 5.75 Å². The van der Waals surface area contributed by atoms with Gasteiger partial charge in [-0.1, -0.05) is 12.1 Å². The van der Waals surface area contributed by atoms with Crippen LogP contribution in [-0.2, 0) is 16.1 Å². The summed E-state index contributed by atoms with van der Waals surface area (Å²) in [4.78, 5) is 24.9. The van der Waals surface area contributed by atoms with E-state index in [0.717, 1.165) is 24.2 Å². The molecule has 0 atom stereocenters. The maximum atomic E-state index is 12.0. The lowest BCUT2D eigenvalue weighted by atomic mass is 10.1. The van der Waals surface area contributed by atoms with Gasteiger partial charge < -0.3 is 14.6 Å². The minimum atomic E-state index is -0.965. The largest absolute Gasteiger partial charge is 0.487 e. The van der Waals surface area contributed by atoms with Gasteiger partial charge in [-0.25, -0.2) is 10.2 Å². The van der Waals surface area contributed by atoms with Crippen LogP contribution < -0.4 is 10.2 Å². The van der Waals surface area contributed by atoms with Crippen LogP contribution in [0.2, 0.25) is 0 Å². The van der Waals surface area contributed by atoms with Crippen molar-refractivity contribution in [3.05, 3.63) is 62.0 Å². The highest BCUT2D eigenvalue weighted by atomic mass is 79.9. The molecule has 0 aromatic heterocycles. The number of nitrogens with one attached hydrogen (secondary N) is 1. The fourth-order valence-corrected chi connectivity index (χ4v) is 4.32. The van der Waals surface area contributed by atoms with Crippen molar-refractivity contribution in [2.24, 2.45) is 5.10 Å². The number of morpholine rings is 1. The number of amides is 1. The summed E-state index contributed by atoms with van der Waals surface area (Å²) in [6.07, 6.45) is 1.56. The van der Waals surface area contributed by atoms with E-state index in [1.807, 2.05) is 17.0 Å². The van der Waals surface area contributed by atoms with Gasteiger partial charge in [0.05, 0.1) is 40.5 Å². The topological polar surface area (TPSA) is 100 Å². The molecule has 8 nitrogen and oxygen atoms in total. The summed E-state index contributed by atoms with van der Waals surface area (Å²) in [5.41, 5.74) is 4.38. The maximum absolute atomic E-state index is 12.0. The quantitative estimate of drug-likeness (QED) is 0.384. The van der Waals surface area contributed by atoms with E-state index >= 15 is 0 Å². The number of halogens is 2. The summed E-state index contributed by atoms with van der Waals surface area (Å²) in [5, 5.41) is 13.0. The Morgan fingerprint density at radius 1 is 1.16 bits per heavy atom. The molecule has 2 N–H and O–H groups in total. The first-order valence-electron chi connectivity index (χ1n) is 9.48. The lowest BCUT2D eigenvalue weighted by Gasteiger charge is -2.25. The molecule has 0 spiro atoms. The number of aromatic carboxylic acids is 1. The molecular weight excluding hydrogens is 534 g/mol. The molecule has 164 valence electrons. The van der Waals surface area contributed by atoms with Gasteiger partial charge in [-0.2, -0.15) is 5.10 Å². The molecule has 1 amide bonds. The number of carbonyl (C=O) groups excluding carboxylic acids is 1. The van der Waals surface area contributed by atoms with E-state index in [4.69, 9.17) is 14.6 Å². The van der Waals surface area contributed by atoms with Crippen LogP contribution in [-0.4, -0.2) is 60.9 Å². The van der Waals surface area contributed by atoms with Crippen LogP contribution in [0.1, 0.15) is 21.5 Å². The summed E-state index contributed by atoms with van der Waals surface area (Å²) in [6.45, 7) is 3.32. The van der Waals surface area contributed by atoms with Crippen molar-refractivity contribution in [2.75, 3.05) is 32.8 Å². The molecule has 0 bridgehead atoms. The molecule has 1 heterocycles. The normalized spacial score (nSPS) is 14.5. The van der Waals surface area contributed by atoms with Crippen molar-refractivity contribution in [2.45, 2.75) is 6.61 Å². The van der Waals surface area contributed by atoms with Gasteiger partial charge in [0.25, 0.3) is 5.91 Å². The summed E-state index contributed by atoms with van der Waals surface area (Å²) in [6, 6.07) is 10.2. The van der Waals surface area contributed by atoms with Crippen molar-refractivity contribution < 1.29 is 24.2 Å².